The number of anilines is 1. The van der Waals surface area contributed by atoms with Crippen LogP contribution >= 0.6 is 11.6 Å². The number of rotatable bonds is 1. The van der Waals surface area contributed by atoms with Crippen molar-refractivity contribution in [1.29, 1.82) is 0 Å². The molecule has 0 fully saturated rings. The highest BCUT2D eigenvalue weighted by Crippen LogP contribution is 2.36. The lowest BCUT2D eigenvalue weighted by Crippen LogP contribution is -2.13. The number of aryl methyl sites for hydroxylation is 2. The van der Waals surface area contributed by atoms with Gasteiger partial charge in [-0.15, -0.1) is 0 Å². The number of nitrogen functional groups attached to an aromatic ring is 1. The van der Waals surface area contributed by atoms with Gasteiger partial charge < -0.3 is 5.43 Å². The lowest BCUT2D eigenvalue weighted by atomic mass is 9.99. The molecular formula is C15H18ClN3. The van der Waals surface area contributed by atoms with E-state index in [0.29, 0.717) is 5.02 Å². The van der Waals surface area contributed by atoms with Gasteiger partial charge in [0.15, 0.2) is 0 Å². The Labute approximate surface area is 118 Å². The largest absolute Gasteiger partial charge is 0.323 e. The molecule has 1 aliphatic rings. The van der Waals surface area contributed by atoms with E-state index in [2.05, 4.69) is 12.3 Å². The van der Waals surface area contributed by atoms with Gasteiger partial charge in [-0.05, 0) is 49.8 Å². The Morgan fingerprint density at radius 2 is 2.00 bits per heavy atom. The Hall–Kier alpha value is -1.32. The second-order valence-electron chi connectivity index (χ2n) is 5.20. The molecule has 1 aromatic carbocycles. The van der Waals surface area contributed by atoms with E-state index in [1.54, 1.807) is 0 Å². The van der Waals surface area contributed by atoms with Gasteiger partial charge >= 0.3 is 0 Å². The number of nitrogens with two attached hydrogens (primary N) is 1. The number of halogens is 1. The highest BCUT2D eigenvalue weighted by atomic mass is 35.5. The molecule has 0 saturated carbocycles. The number of nitrogens with zero attached hydrogens (tertiary/aromatic N) is 1. The Balaban J connectivity index is 2.39. The van der Waals surface area contributed by atoms with Gasteiger partial charge in [0, 0.05) is 11.1 Å². The molecule has 3 rings (SSSR count). The number of hydrazine groups is 1. The maximum Gasteiger partial charge on any atom is 0.0915 e. The fraction of sp³-hybridized carbons (Fsp3) is 0.400. The van der Waals surface area contributed by atoms with Crippen molar-refractivity contribution in [3.8, 4) is 0 Å². The zero-order chi connectivity index (χ0) is 13.4. The molecule has 3 nitrogen and oxygen atoms in total. The topological polar surface area (TPSA) is 50.9 Å². The second-order valence-corrected chi connectivity index (χ2v) is 5.61. The number of nitrogens with one attached hydrogen (secondary N) is 1. The van der Waals surface area contributed by atoms with Gasteiger partial charge in [0.25, 0.3) is 0 Å². The first-order valence-electron chi connectivity index (χ1n) is 6.79. The van der Waals surface area contributed by atoms with Crippen molar-refractivity contribution in [1.82, 2.24) is 4.98 Å². The summed E-state index contributed by atoms with van der Waals surface area (Å²) in [5, 5.41) is 1.76. The Bertz CT molecular complexity index is 637. The zero-order valence-electron chi connectivity index (χ0n) is 11.1. The van der Waals surface area contributed by atoms with E-state index in [4.69, 9.17) is 22.4 Å². The van der Waals surface area contributed by atoms with Crippen LogP contribution in [0.3, 0.4) is 0 Å². The molecule has 0 saturated heterocycles. The van der Waals surface area contributed by atoms with Crippen molar-refractivity contribution < 1.29 is 0 Å². The van der Waals surface area contributed by atoms with Crippen molar-refractivity contribution >= 4 is 28.2 Å². The van der Waals surface area contributed by atoms with E-state index < -0.39 is 0 Å². The van der Waals surface area contributed by atoms with Crippen molar-refractivity contribution in [2.45, 2.75) is 39.0 Å². The molecule has 1 aliphatic carbocycles. The van der Waals surface area contributed by atoms with E-state index in [9.17, 15) is 0 Å². The fourth-order valence-electron chi connectivity index (χ4n) is 3.00. The third-order valence-corrected chi connectivity index (χ3v) is 4.27. The van der Waals surface area contributed by atoms with Crippen LogP contribution in [0.15, 0.2) is 12.1 Å². The van der Waals surface area contributed by atoms with Crippen molar-refractivity contribution in [2.24, 2.45) is 5.84 Å². The van der Waals surface area contributed by atoms with E-state index in [0.717, 1.165) is 40.7 Å². The Kier molecular flexibility index (Phi) is 3.33. The van der Waals surface area contributed by atoms with Crippen LogP contribution in [0.25, 0.3) is 10.9 Å². The molecule has 3 N–H and O–H groups in total. The van der Waals surface area contributed by atoms with Gasteiger partial charge in [-0.3, -0.25) is 10.8 Å². The molecule has 0 unspecified atom stereocenters. The van der Waals surface area contributed by atoms with Crippen LogP contribution in [0.4, 0.5) is 5.69 Å². The molecule has 100 valence electrons. The molecule has 1 heterocycles. The molecule has 0 amide bonds. The number of fused-ring (bicyclic) bond motifs is 2. The predicted octanol–water partition coefficient (Wildman–Crippen LogP) is 3.75. The average Bonchev–Trinajstić information content (AvgIpc) is 2.66. The number of aromatic nitrogens is 1. The number of hydrogen-bond acceptors (Lipinski definition) is 3. The smallest absolute Gasteiger partial charge is 0.0915 e. The average molecular weight is 276 g/mol. The molecule has 0 atom stereocenters. The van der Waals surface area contributed by atoms with Crippen LogP contribution in [0.2, 0.25) is 5.02 Å². The lowest BCUT2D eigenvalue weighted by molar-refractivity contribution is 0.709. The van der Waals surface area contributed by atoms with Gasteiger partial charge in [0.1, 0.15) is 0 Å². The summed E-state index contributed by atoms with van der Waals surface area (Å²) in [6.07, 6.45) is 5.71. The summed E-state index contributed by atoms with van der Waals surface area (Å²) in [6, 6.07) is 3.94. The standard InChI is InChI=1S/C15H18ClN3/c1-9-7-8-11(16)15-13(9)14(19-17)10-5-3-2-4-6-12(10)18-15/h7-8H,2-6,17H2,1H3,(H,18,19). The minimum absolute atomic E-state index is 0.698. The van der Waals surface area contributed by atoms with Gasteiger partial charge in [-0.2, -0.15) is 0 Å². The summed E-state index contributed by atoms with van der Waals surface area (Å²) in [4.78, 5) is 4.82. The van der Waals surface area contributed by atoms with Crippen LogP contribution in [0.5, 0.6) is 0 Å². The summed E-state index contributed by atoms with van der Waals surface area (Å²) < 4.78 is 0. The summed E-state index contributed by atoms with van der Waals surface area (Å²) in [5.41, 5.74) is 8.37. The third-order valence-electron chi connectivity index (χ3n) is 3.97. The van der Waals surface area contributed by atoms with Crippen LogP contribution < -0.4 is 11.3 Å². The van der Waals surface area contributed by atoms with Crippen molar-refractivity contribution in [3.05, 3.63) is 34.0 Å². The van der Waals surface area contributed by atoms with Gasteiger partial charge in [0.05, 0.1) is 16.2 Å². The van der Waals surface area contributed by atoms with Gasteiger partial charge in [-0.1, -0.05) is 24.1 Å². The summed E-state index contributed by atoms with van der Waals surface area (Å²) >= 11 is 6.31. The minimum Gasteiger partial charge on any atom is -0.323 e. The first-order chi connectivity index (χ1) is 9.22. The first-order valence-corrected chi connectivity index (χ1v) is 7.17. The third kappa shape index (κ3) is 2.07. The van der Waals surface area contributed by atoms with E-state index in [1.165, 1.54) is 24.8 Å². The van der Waals surface area contributed by atoms with E-state index >= 15 is 0 Å². The number of hydrogen-bond donors (Lipinski definition) is 2. The predicted molar refractivity (Wildman–Crippen MR) is 80.6 cm³/mol. The molecule has 0 bridgehead atoms. The molecule has 2 aromatic rings. The van der Waals surface area contributed by atoms with Crippen LogP contribution in [-0.4, -0.2) is 4.98 Å². The zero-order valence-corrected chi connectivity index (χ0v) is 11.8. The monoisotopic (exact) mass is 275 g/mol. The van der Waals surface area contributed by atoms with Crippen LogP contribution in [-0.2, 0) is 12.8 Å². The van der Waals surface area contributed by atoms with Crippen LogP contribution in [0.1, 0.15) is 36.1 Å². The maximum absolute atomic E-state index is 6.31. The number of benzene rings is 1. The quantitative estimate of drug-likeness (QED) is 0.473. The summed E-state index contributed by atoms with van der Waals surface area (Å²) in [5.74, 6) is 5.79. The molecule has 0 radical (unpaired) electrons. The Morgan fingerprint density at radius 3 is 2.79 bits per heavy atom. The molecule has 4 heteroatoms. The maximum atomic E-state index is 6.31. The molecule has 0 aliphatic heterocycles. The lowest BCUT2D eigenvalue weighted by Gasteiger charge is -2.17. The summed E-state index contributed by atoms with van der Waals surface area (Å²) in [6.45, 7) is 2.07. The van der Waals surface area contributed by atoms with Crippen molar-refractivity contribution in [2.75, 3.05) is 5.43 Å². The highest BCUT2D eigenvalue weighted by Gasteiger charge is 2.18. The molecule has 1 aromatic heterocycles. The molecular weight excluding hydrogens is 258 g/mol. The van der Waals surface area contributed by atoms with Crippen molar-refractivity contribution in [3.63, 3.8) is 0 Å². The number of pyridine rings is 1. The summed E-state index contributed by atoms with van der Waals surface area (Å²) in [7, 11) is 0. The normalized spacial score (nSPS) is 15.1. The van der Waals surface area contributed by atoms with Gasteiger partial charge in [0.2, 0.25) is 0 Å². The van der Waals surface area contributed by atoms with E-state index in [1.807, 2.05) is 12.1 Å². The molecule has 0 spiro atoms. The fourth-order valence-corrected chi connectivity index (χ4v) is 3.20. The Morgan fingerprint density at radius 1 is 1.21 bits per heavy atom. The van der Waals surface area contributed by atoms with Gasteiger partial charge in [-0.25, -0.2) is 0 Å². The second kappa shape index (κ2) is 4.99. The van der Waals surface area contributed by atoms with E-state index in [-0.39, 0.29) is 0 Å². The minimum atomic E-state index is 0.698. The highest BCUT2D eigenvalue weighted by molar-refractivity contribution is 6.35. The first kappa shape index (κ1) is 12.7. The SMILES string of the molecule is Cc1ccc(Cl)c2nc3c(c(NN)c12)CCCCC3. The van der Waals surface area contributed by atoms with Crippen LogP contribution in [0, 0.1) is 6.92 Å². The molecule has 19 heavy (non-hydrogen) atoms.